The van der Waals surface area contributed by atoms with Crippen molar-refractivity contribution in [2.45, 2.75) is 6.92 Å². The molecule has 0 bridgehead atoms. The standard InChI is InChI=1S/C20H23N5/c1-16(6-7-18-8-9-21-17(18)2)23-12-14-24(15-13-23)20-5-3-4-19-22-10-11-25(19)20/h3-11,21H,2,12-15H2,1H3/b16-6+,18-7-. The van der Waals surface area contributed by atoms with Crippen LogP contribution in [0.15, 0.2) is 54.6 Å². The molecule has 1 aliphatic heterocycles. The molecule has 0 radical (unpaired) electrons. The second kappa shape index (κ2) is 6.51. The van der Waals surface area contributed by atoms with Crippen molar-refractivity contribution in [3.63, 3.8) is 0 Å². The molecule has 0 aromatic carbocycles. The lowest BCUT2D eigenvalue weighted by Crippen LogP contribution is -2.46. The van der Waals surface area contributed by atoms with E-state index in [1.807, 2.05) is 24.7 Å². The van der Waals surface area contributed by atoms with Gasteiger partial charge in [0.25, 0.3) is 0 Å². The first kappa shape index (κ1) is 15.6. The fraction of sp³-hybridized carbons (Fsp3) is 0.250. The first-order valence-electron chi connectivity index (χ1n) is 8.65. The molecule has 3 aromatic heterocycles. The van der Waals surface area contributed by atoms with Gasteiger partial charge in [-0.25, -0.2) is 4.98 Å². The van der Waals surface area contributed by atoms with Crippen molar-refractivity contribution in [3.8, 4) is 0 Å². The van der Waals surface area contributed by atoms with E-state index < -0.39 is 0 Å². The highest BCUT2D eigenvalue weighted by molar-refractivity contribution is 5.52. The summed E-state index contributed by atoms with van der Waals surface area (Å²) in [6, 6.07) is 8.34. The number of H-pyrrole nitrogens is 1. The minimum Gasteiger partial charge on any atom is -0.371 e. The summed E-state index contributed by atoms with van der Waals surface area (Å²) < 4.78 is 2.16. The lowest BCUT2D eigenvalue weighted by Gasteiger charge is -2.37. The first-order chi connectivity index (χ1) is 12.2. The molecule has 4 heterocycles. The number of aromatic nitrogens is 3. The monoisotopic (exact) mass is 333 g/mol. The van der Waals surface area contributed by atoms with Crippen LogP contribution in [0.5, 0.6) is 0 Å². The number of hydrogen-bond acceptors (Lipinski definition) is 3. The number of pyridine rings is 1. The highest BCUT2D eigenvalue weighted by Crippen LogP contribution is 2.19. The maximum absolute atomic E-state index is 4.38. The fourth-order valence-corrected chi connectivity index (χ4v) is 3.37. The zero-order valence-electron chi connectivity index (χ0n) is 14.5. The number of piperazine rings is 1. The SMILES string of the molecule is C=c1[nH]cc/c1=C/C=C(\C)N1CCN(c2cccc3nccn23)CC1. The van der Waals surface area contributed by atoms with Crippen LogP contribution in [0, 0.1) is 0 Å². The lowest BCUT2D eigenvalue weighted by atomic mass is 10.2. The Balaban J connectivity index is 1.47. The van der Waals surface area contributed by atoms with Gasteiger partial charge in [0.1, 0.15) is 11.5 Å². The molecule has 25 heavy (non-hydrogen) atoms. The molecule has 5 heteroatoms. The highest BCUT2D eigenvalue weighted by Gasteiger charge is 2.18. The number of rotatable bonds is 3. The minimum absolute atomic E-state index is 0.960. The van der Waals surface area contributed by atoms with E-state index in [2.05, 4.69) is 68.0 Å². The Morgan fingerprint density at radius 2 is 2.04 bits per heavy atom. The molecule has 1 saturated heterocycles. The van der Waals surface area contributed by atoms with Crippen LogP contribution in [-0.4, -0.2) is 45.4 Å². The summed E-state index contributed by atoms with van der Waals surface area (Å²) in [7, 11) is 0. The first-order valence-corrected chi connectivity index (χ1v) is 8.65. The van der Waals surface area contributed by atoms with E-state index in [4.69, 9.17) is 0 Å². The highest BCUT2D eigenvalue weighted by atomic mass is 15.3. The maximum atomic E-state index is 4.38. The zero-order chi connectivity index (χ0) is 17.2. The van der Waals surface area contributed by atoms with E-state index in [9.17, 15) is 0 Å². The molecule has 128 valence electrons. The van der Waals surface area contributed by atoms with Gasteiger partial charge in [0.2, 0.25) is 0 Å². The van der Waals surface area contributed by atoms with Crippen LogP contribution >= 0.6 is 0 Å². The third-order valence-electron chi connectivity index (χ3n) is 4.88. The number of aromatic amines is 1. The molecule has 3 aromatic rings. The Labute approximate surface area is 147 Å². The van der Waals surface area contributed by atoms with Crippen molar-refractivity contribution in [1.29, 1.82) is 0 Å². The average Bonchev–Trinajstić information content (AvgIpc) is 3.28. The molecule has 0 aliphatic carbocycles. The van der Waals surface area contributed by atoms with Crippen LogP contribution in [0.1, 0.15) is 6.92 Å². The van der Waals surface area contributed by atoms with Gasteiger partial charge in [0.15, 0.2) is 0 Å². The van der Waals surface area contributed by atoms with Crippen LogP contribution in [0.4, 0.5) is 5.82 Å². The van der Waals surface area contributed by atoms with E-state index in [1.165, 1.54) is 11.5 Å². The Morgan fingerprint density at radius 1 is 1.20 bits per heavy atom. The Bertz CT molecular complexity index is 1000. The second-order valence-electron chi connectivity index (χ2n) is 6.40. The summed E-state index contributed by atoms with van der Waals surface area (Å²) in [6.07, 6.45) is 10.1. The number of allylic oxidation sites excluding steroid dienone is 2. The maximum Gasteiger partial charge on any atom is 0.138 e. The van der Waals surface area contributed by atoms with Gasteiger partial charge in [-0.05, 0) is 36.4 Å². The lowest BCUT2D eigenvalue weighted by molar-refractivity contribution is 0.321. The summed E-state index contributed by atoms with van der Waals surface area (Å²) in [5.41, 5.74) is 2.29. The molecule has 0 amide bonds. The molecule has 0 atom stereocenters. The third kappa shape index (κ3) is 3.05. The van der Waals surface area contributed by atoms with Crippen molar-refractivity contribution < 1.29 is 0 Å². The molecule has 0 saturated carbocycles. The van der Waals surface area contributed by atoms with Crippen molar-refractivity contribution in [1.82, 2.24) is 19.3 Å². The van der Waals surface area contributed by atoms with Gasteiger partial charge in [-0.1, -0.05) is 18.7 Å². The molecular formula is C20H23N5. The largest absolute Gasteiger partial charge is 0.371 e. The predicted molar refractivity (Wildman–Crippen MR) is 103 cm³/mol. The molecule has 5 nitrogen and oxygen atoms in total. The molecule has 4 rings (SSSR count). The van der Waals surface area contributed by atoms with Gasteiger partial charge in [-0.15, -0.1) is 0 Å². The summed E-state index contributed by atoms with van der Waals surface area (Å²) in [4.78, 5) is 12.4. The zero-order valence-corrected chi connectivity index (χ0v) is 14.5. The predicted octanol–water partition coefficient (Wildman–Crippen LogP) is 1.58. The topological polar surface area (TPSA) is 39.6 Å². The smallest absolute Gasteiger partial charge is 0.138 e. The van der Waals surface area contributed by atoms with Gasteiger partial charge >= 0.3 is 0 Å². The molecule has 0 unspecified atom stereocenters. The van der Waals surface area contributed by atoms with Crippen LogP contribution < -0.4 is 15.5 Å². The molecule has 0 spiro atoms. The number of nitrogens with zero attached hydrogens (tertiary/aromatic N) is 4. The molecule has 1 N–H and O–H groups in total. The van der Waals surface area contributed by atoms with Gasteiger partial charge in [0, 0.05) is 55.8 Å². The Morgan fingerprint density at radius 3 is 2.80 bits per heavy atom. The third-order valence-corrected chi connectivity index (χ3v) is 4.88. The normalized spacial score (nSPS) is 16.8. The van der Waals surface area contributed by atoms with Gasteiger partial charge < -0.3 is 14.8 Å². The van der Waals surface area contributed by atoms with Crippen molar-refractivity contribution in [2.24, 2.45) is 0 Å². The summed E-state index contributed by atoms with van der Waals surface area (Å²) in [5, 5.41) is 2.10. The molecule has 1 fully saturated rings. The second-order valence-corrected chi connectivity index (χ2v) is 6.40. The molecule has 1 aliphatic rings. The summed E-state index contributed by atoms with van der Waals surface area (Å²) in [6.45, 7) is 10.2. The van der Waals surface area contributed by atoms with Crippen LogP contribution in [0.3, 0.4) is 0 Å². The Kier molecular flexibility index (Phi) is 4.06. The number of fused-ring (bicyclic) bond motifs is 1. The van der Waals surface area contributed by atoms with E-state index >= 15 is 0 Å². The van der Waals surface area contributed by atoms with Crippen LogP contribution in [0.25, 0.3) is 18.3 Å². The number of imidazole rings is 1. The number of nitrogens with one attached hydrogen (secondary N) is 1. The van der Waals surface area contributed by atoms with Gasteiger partial charge in [0.05, 0.1) is 0 Å². The van der Waals surface area contributed by atoms with E-state index in [0.29, 0.717) is 0 Å². The van der Waals surface area contributed by atoms with Crippen LogP contribution in [0.2, 0.25) is 0 Å². The van der Waals surface area contributed by atoms with Gasteiger partial charge in [-0.2, -0.15) is 0 Å². The Hall–Kier alpha value is -2.95. The van der Waals surface area contributed by atoms with Crippen molar-refractivity contribution in [3.05, 3.63) is 65.2 Å². The van der Waals surface area contributed by atoms with Crippen molar-refractivity contribution >= 4 is 24.1 Å². The fourth-order valence-electron chi connectivity index (χ4n) is 3.37. The van der Waals surface area contributed by atoms with Crippen LogP contribution in [-0.2, 0) is 0 Å². The van der Waals surface area contributed by atoms with E-state index in [-0.39, 0.29) is 0 Å². The van der Waals surface area contributed by atoms with Gasteiger partial charge in [-0.3, -0.25) is 4.40 Å². The summed E-state index contributed by atoms with van der Waals surface area (Å²) >= 11 is 0. The quantitative estimate of drug-likeness (QED) is 0.791. The van der Waals surface area contributed by atoms with E-state index in [1.54, 1.807) is 0 Å². The summed E-state index contributed by atoms with van der Waals surface area (Å²) in [5.74, 6) is 1.22. The minimum atomic E-state index is 0.960. The number of anilines is 1. The van der Waals surface area contributed by atoms with Crippen molar-refractivity contribution in [2.75, 3.05) is 31.1 Å². The molecular weight excluding hydrogens is 310 g/mol. The average molecular weight is 333 g/mol. The number of hydrogen-bond donors (Lipinski definition) is 1. The van der Waals surface area contributed by atoms with E-state index in [0.717, 1.165) is 42.4 Å².